The van der Waals surface area contributed by atoms with Crippen LogP contribution in [0.25, 0.3) is 0 Å². The third kappa shape index (κ3) is 2.74. The van der Waals surface area contributed by atoms with E-state index in [1.165, 1.54) is 24.0 Å². The van der Waals surface area contributed by atoms with E-state index in [2.05, 4.69) is 6.07 Å². The Morgan fingerprint density at radius 1 is 0.950 bits per heavy atom. The molecule has 0 fully saturated rings. The fraction of sp³-hybridized carbons (Fsp3) is 0.278. The van der Waals surface area contributed by atoms with Gasteiger partial charge in [-0.25, -0.2) is 4.79 Å². The second kappa shape index (κ2) is 5.49. The van der Waals surface area contributed by atoms with Gasteiger partial charge >= 0.3 is 5.97 Å². The Kier molecular flexibility index (Phi) is 3.55. The van der Waals surface area contributed by atoms with E-state index >= 15 is 0 Å². The molecule has 2 aromatic carbocycles. The Morgan fingerprint density at radius 3 is 2.40 bits per heavy atom. The van der Waals surface area contributed by atoms with Gasteiger partial charge in [0.1, 0.15) is 5.75 Å². The van der Waals surface area contributed by atoms with Crippen LogP contribution in [-0.4, -0.2) is 5.97 Å². The predicted octanol–water partition coefficient (Wildman–Crippen LogP) is 4.09. The number of carbonyl (C=O) groups excluding carboxylic acids is 1. The van der Waals surface area contributed by atoms with Crippen molar-refractivity contribution in [1.29, 1.82) is 0 Å². The summed E-state index contributed by atoms with van der Waals surface area (Å²) < 4.78 is 5.47. The van der Waals surface area contributed by atoms with Crippen molar-refractivity contribution in [3.63, 3.8) is 0 Å². The Morgan fingerprint density at radius 2 is 1.65 bits per heavy atom. The molecule has 2 heteroatoms. The van der Waals surface area contributed by atoms with Gasteiger partial charge in [-0.2, -0.15) is 0 Å². The van der Waals surface area contributed by atoms with Crippen LogP contribution in [0.5, 0.6) is 5.75 Å². The minimum Gasteiger partial charge on any atom is -0.423 e. The van der Waals surface area contributed by atoms with Crippen molar-refractivity contribution in [1.82, 2.24) is 0 Å². The normalized spacial score (nSPS) is 13.7. The molecule has 3 rings (SSSR count). The van der Waals surface area contributed by atoms with Gasteiger partial charge in [-0.15, -0.1) is 0 Å². The molecule has 0 aliphatic heterocycles. The highest BCUT2D eigenvalue weighted by Gasteiger charge is 2.12. The summed E-state index contributed by atoms with van der Waals surface area (Å²) in [4.78, 5) is 12.1. The maximum absolute atomic E-state index is 12.1. The molecule has 0 spiro atoms. The molecule has 1 aliphatic carbocycles. The van der Waals surface area contributed by atoms with Crippen molar-refractivity contribution in [2.45, 2.75) is 32.6 Å². The van der Waals surface area contributed by atoms with Gasteiger partial charge in [0.15, 0.2) is 0 Å². The van der Waals surface area contributed by atoms with Crippen molar-refractivity contribution in [2.75, 3.05) is 0 Å². The lowest BCUT2D eigenvalue weighted by Gasteiger charge is -2.16. The fourth-order valence-corrected chi connectivity index (χ4v) is 2.63. The second-order valence-corrected chi connectivity index (χ2v) is 5.39. The smallest absolute Gasteiger partial charge is 0.343 e. The minimum absolute atomic E-state index is 0.291. The monoisotopic (exact) mass is 266 g/mol. The van der Waals surface area contributed by atoms with Crippen LogP contribution in [0, 0.1) is 6.92 Å². The SMILES string of the molecule is Cc1ccc(C(=O)Oc2ccc3c(c2)CCCC3)cc1. The van der Waals surface area contributed by atoms with Crippen LogP contribution in [0.15, 0.2) is 42.5 Å². The number of fused-ring (bicyclic) bond motifs is 1. The predicted molar refractivity (Wildman–Crippen MR) is 79.2 cm³/mol. The molecular weight excluding hydrogens is 248 g/mol. The minimum atomic E-state index is -0.291. The molecule has 0 bridgehead atoms. The number of esters is 1. The molecule has 0 atom stereocenters. The highest BCUT2D eigenvalue weighted by atomic mass is 16.5. The van der Waals surface area contributed by atoms with E-state index < -0.39 is 0 Å². The molecule has 0 amide bonds. The molecule has 0 N–H and O–H groups in total. The molecule has 102 valence electrons. The average molecular weight is 266 g/mol. The van der Waals surface area contributed by atoms with E-state index in [0.717, 1.165) is 18.4 Å². The molecule has 0 aromatic heterocycles. The van der Waals surface area contributed by atoms with Gasteiger partial charge in [-0.05, 0) is 68.0 Å². The Bertz CT molecular complexity index is 626. The Balaban J connectivity index is 1.77. The molecule has 20 heavy (non-hydrogen) atoms. The number of hydrogen-bond acceptors (Lipinski definition) is 2. The van der Waals surface area contributed by atoms with Crippen molar-refractivity contribution >= 4 is 5.97 Å². The third-order valence-electron chi connectivity index (χ3n) is 3.82. The highest BCUT2D eigenvalue weighted by molar-refractivity contribution is 5.91. The lowest BCUT2D eigenvalue weighted by atomic mass is 9.92. The van der Waals surface area contributed by atoms with Crippen LogP contribution in [0.2, 0.25) is 0 Å². The van der Waals surface area contributed by atoms with E-state index in [0.29, 0.717) is 11.3 Å². The second-order valence-electron chi connectivity index (χ2n) is 5.39. The first kappa shape index (κ1) is 12.9. The average Bonchev–Trinajstić information content (AvgIpc) is 2.48. The Hall–Kier alpha value is -2.09. The van der Waals surface area contributed by atoms with Gasteiger partial charge in [0.25, 0.3) is 0 Å². The lowest BCUT2D eigenvalue weighted by molar-refractivity contribution is 0.0734. The van der Waals surface area contributed by atoms with Gasteiger partial charge < -0.3 is 4.74 Å². The van der Waals surface area contributed by atoms with Crippen LogP contribution in [0.4, 0.5) is 0 Å². The van der Waals surface area contributed by atoms with Gasteiger partial charge in [0, 0.05) is 0 Å². The maximum Gasteiger partial charge on any atom is 0.343 e. The standard InChI is InChI=1S/C18H18O2/c1-13-6-8-15(9-7-13)18(19)20-17-11-10-14-4-2-3-5-16(14)12-17/h6-12H,2-5H2,1H3. The van der Waals surface area contributed by atoms with Crippen molar-refractivity contribution < 1.29 is 9.53 Å². The fourth-order valence-electron chi connectivity index (χ4n) is 2.63. The van der Waals surface area contributed by atoms with Crippen LogP contribution < -0.4 is 4.74 Å². The first-order valence-electron chi connectivity index (χ1n) is 7.13. The first-order valence-corrected chi connectivity index (χ1v) is 7.13. The summed E-state index contributed by atoms with van der Waals surface area (Å²) in [5.41, 5.74) is 4.44. The topological polar surface area (TPSA) is 26.3 Å². The van der Waals surface area contributed by atoms with E-state index in [1.54, 1.807) is 12.1 Å². The number of carbonyl (C=O) groups is 1. The molecule has 0 saturated carbocycles. The summed E-state index contributed by atoms with van der Waals surface area (Å²) in [7, 11) is 0. The van der Waals surface area contributed by atoms with Crippen molar-refractivity contribution in [2.24, 2.45) is 0 Å². The van der Waals surface area contributed by atoms with Crippen LogP contribution in [-0.2, 0) is 12.8 Å². The molecule has 1 aliphatic rings. The molecule has 0 heterocycles. The zero-order valence-corrected chi connectivity index (χ0v) is 11.7. The number of benzene rings is 2. The maximum atomic E-state index is 12.1. The van der Waals surface area contributed by atoms with E-state index in [1.807, 2.05) is 31.2 Å². The summed E-state index contributed by atoms with van der Waals surface area (Å²) in [5.74, 6) is 0.358. The molecule has 0 saturated heterocycles. The first-order chi connectivity index (χ1) is 9.72. The molecule has 2 aromatic rings. The quantitative estimate of drug-likeness (QED) is 0.604. The summed E-state index contributed by atoms with van der Waals surface area (Å²) in [6, 6.07) is 13.4. The van der Waals surface area contributed by atoms with E-state index in [9.17, 15) is 4.79 Å². The van der Waals surface area contributed by atoms with Crippen molar-refractivity contribution in [3.8, 4) is 5.75 Å². The van der Waals surface area contributed by atoms with E-state index in [4.69, 9.17) is 4.74 Å². The number of aryl methyl sites for hydroxylation is 3. The highest BCUT2D eigenvalue weighted by Crippen LogP contribution is 2.25. The van der Waals surface area contributed by atoms with Crippen LogP contribution in [0.3, 0.4) is 0 Å². The summed E-state index contributed by atoms with van der Waals surface area (Å²) in [5, 5.41) is 0. The van der Waals surface area contributed by atoms with Gasteiger partial charge in [0.2, 0.25) is 0 Å². The van der Waals surface area contributed by atoms with Gasteiger partial charge in [0.05, 0.1) is 5.56 Å². The molecule has 0 unspecified atom stereocenters. The van der Waals surface area contributed by atoms with Crippen LogP contribution >= 0.6 is 0 Å². The van der Waals surface area contributed by atoms with Crippen molar-refractivity contribution in [3.05, 3.63) is 64.7 Å². The largest absolute Gasteiger partial charge is 0.423 e. The number of hydrogen-bond donors (Lipinski definition) is 0. The summed E-state index contributed by atoms with van der Waals surface area (Å²) in [6.07, 6.45) is 4.71. The zero-order chi connectivity index (χ0) is 13.9. The Labute approximate surface area is 119 Å². The third-order valence-corrected chi connectivity index (χ3v) is 3.82. The van der Waals surface area contributed by atoms with E-state index in [-0.39, 0.29) is 5.97 Å². The summed E-state index contributed by atoms with van der Waals surface area (Å²) >= 11 is 0. The molecule has 0 radical (unpaired) electrons. The molecule has 2 nitrogen and oxygen atoms in total. The van der Waals surface area contributed by atoms with Gasteiger partial charge in [-0.3, -0.25) is 0 Å². The number of rotatable bonds is 2. The number of ether oxygens (including phenoxy) is 1. The van der Waals surface area contributed by atoms with Crippen LogP contribution in [0.1, 0.15) is 39.9 Å². The molecular formula is C18H18O2. The summed E-state index contributed by atoms with van der Waals surface area (Å²) in [6.45, 7) is 2.00. The lowest BCUT2D eigenvalue weighted by Crippen LogP contribution is -2.09. The van der Waals surface area contributed by atoms with Gasteiger partial charge in [-0.1, -0.05) is 23.8 Å². The zero-order valence-electron chi connectivity index (χ0n) is 11.7.